The van der Waals surface area contributed by atoms with Crippen LogP contribution in [-0.4, -0.2) is 43.4 Å². The Morgan fingerprint density at radius 3 is 2.27 bits per heavy atom. The van der Waals surface area contributed by atoms with Crippen LogP contribution in [0.5, 0.6) is 0 Å². The minimum Gasteiger partial charge on any atom is -0.376 e. The Morgan fingerprint density at radius 2 is 1.62 bits per heavy atom. The molecular formula is C21H25N3O2. The van der Waals surface area contributed by atoms with E-state index in [2.05, 4.69) is 5.32 Å². The van der Waals surface area contributed by atoms with Crippen molar-refractivity contribution < 1.29 is 9.59 Å². The van der Waals surface area contributed by atoms with Crippen LogP contribution in [0.15, 0.2) is 54.6 Å². The molecule has 0 radical (unpaired) electrons. The summed E-state index contributed by atoms with van der Waals surface area (Å²) in [6.45, 7) is 2.01. The summed E-state index contributed by atoms with van der Waals surface area (Å²) in [5.74, 6) is 0.0702. The third-order valence-corrected chi connectivity index (χ3v) is 4.73. The molecule has 0 spiro atoms. The van der Waals surface area contributed by atoms with Gasteiger partial charge < -0.3 is 15.1 Å². The Labute approximate surface area is 154 Å². The van der Waals surface area contributed by atoms with E-state index in [9.17, 15) is 9.59 Å². The lowest BCUT2D eigenvalue weighted by atomic mass is 10.1. The van der Waals surface area contributed by atoms with E-state index in [1.54, 1.807) is 24.1 Å². The summed E-state index contributed by atoms with van der Waals surface area (Å²) < 4.78 is 0. The number of likely N-dealkylation sites (tertiary alicyclic amines) is 1. The lowest BCUT2D eigenvalue weighted by Crippen LogP contribution is -2.39. The minimum atomic E-state index is -0.0628. The van der Waals surface area contributed by atoms with Gasteiger partial charge in [-0.3, -0.25) is 9.59 Å². The molecule has 1 aliphatic rings. The smallest absolute Gasteiger partial charge is 0.258 e. The Kier molecular flexibility index (Phi) is 5.89. The van der Waals surface area contributed by atoms with Crippen LogP contribution in [-0.2, 0) is 4.79 Å². The maximum Gasteiger partial charge on any atom is 0.258 e. The zero-order chi connectivity index (χ0) is 18.4. The lowest BCUT2D eigenvalue weighted by Gasteiger charge is -2.26. The number of rotatable bonds is 5. The standard InChI is InChI=1S/C21H25N3O2/c1-23(19-8-4-2-5-9-19)21(26)17-10-12-18(13-11-17)22-16-20(25)24-14-6-3-7-15-24/h2,4-5,8-13,22H,3,6-7,14-16H2,1H3. The van der Waals surface area contributed by atoms with Gasteiger partial charge in [0.25, 0.3) is 5.91 Å². The van der Waals surface area contributed by atoms with Crippen molar-refractivity contribution in [1.29, 1.82) is 0 Å². The van der Waals surface area contributed by atoms with Gasteiger partial charge in [-0.25, -0.2) is 0 Å². The quantitative estimate of drug-likeness (QED) is 0.898. The molecule has 2 amide bonds. The second-order valence-corrected chi connectivity index (χ2v) is 6.57. The summed E-state index contributed by atoms with van der Waals surface area (Å²) in [4.78, 5) is 28.3. The van der Waals surface area contributed by atoms with E-state index in [-0.39, 0.29) is 18.4 Å². The summed E-state index contributed by atoms with van der Waals surface area (Å²) in [7, 11) is 1.76. The minimum absolute atomic E-state index is 0.0628. The van der Waals surface area contributed by atoms with Gasteiger partial charge in [-0.1, -0.05) is 18.2 Å². The van der Waals surface area contributed by atoms with Crippen molar-refractivity contribution in [3.63, 3.8) is 0 Å². The van der Waals surface area contributed by atoms with E-state index >= 15 is 0 Å². The van der Waals surface area contributed by atoms with Gasteiger partial charge in [0, 0.05) is 37.1 Å². The van der Waals surface area contributed by atoms with Gasteiger partial charge in [-0.15, -0.1) is 0 Å². The van der Waals surface area contributed by atoms with E-state index in [0.717, 1.165) is 37.3 Å². The number of hydrogen-bond donors (Lipinski definition) is 1. The maximum absolute atomic E-state index is 12.6. The molecule has 2 aromatic rings. The van der Waals surface area contributed by atoms with Crippen LogP contribution in [0.1, 0.15) is 29.6 Å². The lowest BCUT2D eigenvalue weighted by molar-refractivity contribution is -0.130. The number of anilines is 2. The summed E-state index contributed by atoms with van der Waals surface area (Å²) in [5, 5.41) is 3.15. The zero-order valence-corrected chi connectivity index (χ0v) is 15.1. The molecule has 0 unspecified atom stereocenters. The molecule has 136 valence electrons. The van der Waals surface area contributed by atoms with Gasteiger partial charge in [0.15, 0.2) is 0 Å². The normalized spacial score (nSPS) is 14.0. The predicted molar refractivity (Wildman–Crippen MR) is 105 cm³/mol. The van der Waals surface area contributed by atoms with E-state index in [0.29, 0.717) is 5.56 Å². The highest BCUT2D eigenvalue weighted by molar-refractivity contribution is 6.05. The Bertz CT molecular complexity index is 738. The van der Waals surface area contributed by atoms with Crippen molar-refractivity contribution in [2.24, 2.45) is 0 Å². The van der Waals surface area contributed by atoms with Crippen molar-refractivity contribution in [1.82, 2.24) is 4.90 Å². The number of benzene rings is 2. The Balaban J connectivity index is 1.56. The fraction of sp³-hybridized carbons (Fsp3) is 0.333. The average molecular weight is 351 g/mol. The SMILES string of the molecule is CN(C(=O)c1ccc(NCC(=O)N2CCCCC2)cc1)c1ccccc1. The van der Waals surface area contributed by atoms with Crippen LogP contribution in [0.2, 0.25) is 0 Å². The molecule has 0 aromatic heterocycles. The summed E-state index contributed by atoms with van der Waals surface area (Å²) >= 11 is 0. The first-order chi connectivity index (χ1) is 12.6. The molecule has 1 heterocycles. The number of carbonyl (C=O) groups is 2. The first kappa shape index (κ1) is 18.0. The molecule has 0 aliphatic carbocycles. The molecule has 3 rings (SSSR count). The highest BCUT2D eigenvalue weighted by Gasteiger charge is 2.16. The van der Waals surface area contributed by atoms with Crippen LogP contribution in [0, 0.1) is 0 Å². The van der Waals surface area contributed by atoms with Crippen LogP contribution in [0.25, 0.3) is 0 Å². The van der Waals surface area contributed by atoms with Crippen LogP contribution in [0.4, 0.5) is 11.4 Å². The summed E-state index contributed by atoms with van der Waals surface area (Å²) in [6.07, 6.45) is 3.40. The number of hydrogen-bond acceptors (Lipinski definition) is 3. The topological polar surface area (TPSA) is 52.7 Å². The summed E-state index contributed by atoms with van der Waals surface area (Å²) in [6, 6.07) is 16.8. The van der Waals surface area contributed by atoms with Gasteiger partial charge in [-0.2, -0.15) is 0 Å². The molecule has 2 aromatic carbocycles. The van der Waals surface area contributed by atoms with E-state index < -0.39 is 0 Å². The third kappa shape index (κ3) is 4.42. The monoisotopic (exact) mass is 351 g/mol. The molecule has 0 atom stereocenters. The number of carbonyl (C=O) groups excluding carboxylic acids is 2. The van der Waals surface area contributed by atoms with Gasteiger partial charge >= 0.3 is 0 Å². The van der Waals surface area contributed by atoms with Crippen molar-refractivity contribution in [3.05, 3.63) is 60.2 Å². The van der Waals surface area contributed by atoms with E-state index in [4.69, 9.17) is 0 Å². The largest absolute Gasteiger partial charge is 0.376 e. The molecule has 5 nitrogen and oxygen atoms in total. The van der Waals surface area contributed by atoms with Crippen molar-refractivity contribution >= 4 is 23.2 Å². The third-order valence-electron chi connectivity index (χ3n) is 4.73. The zero-order valence-electron chi connectivity index (χ0n) is 15.1. The molecule has 5 heteroatoms. The fourth-order valence-electron chi connectivity index (χ4n) is 3.13. The van der Waals surface area contributed by atoms with Gasteiger partial charge in [0.05, 0.1) is 6.54 Å². The highest BCUT2D eigenvalue weighted by atomic mass is 16.2. The molecular weight excluding hydrogens is 326 g/mol. The van der Waals surface area contributed by atoms with Gasteiger partial charge in [0.1, 0.15) is 0 Å². The molecule has 1 N–H and O–H groups in total. The van der Waals surface area contributed by atoms with Crippen LogP contribution < -0.4 is 10.2 Å². The molecule has 1 saturated heterocycles. The second kappa shape index (κ2) is 8.52. The van der Waals surface area contributed by atoms with Crippen LogP contribution in [0.3, 0.4) is 0 Å². The van der Waals surface area contributed by atoms with Crippen molar-refractivity contribution in [2.45, 2.75) is 19.3 Å². The first-order valence-corrected chi connectivity index (χ1v) is 9.10. The van der Waals surface area contributed by atoms with Gasteiger partial charge in [0.2, 0.25) is 5.91 Å². The fourth-order valence-corrected chi connectivity index (χ4v) is 3.13. The van der Waals surface area contributed by atoms with Crippen LogP contribution >= 0.6 is 0 Å². The molecule has 1 fully saturated rings. The average Bonchev–Trinajstić information content (AvgIpc) is 2.72. The maximum atomic E-state index is 12.6. The Hall–Kier alpha value is -2.82. The van der Waals surface area contributed by atoms with Crippen molar-refractivity contribution in [2.75, 3.05) is 36.9 Å². The van der Waals surface area contributed by atoms with E-state index in [1.807, 2.05) is 47.4 Å². The number of piperidine rings is 1. The van der Waals surface area contributed by atoms with E-state index in [1.165, 1.54) is 6.42 Å². The molecule has 0 bridgehead atoms. The second-order valence-electron chi connectivity index (χ2n) is 6.57. The molecule has 26 heavy (non-hydrogen) atoms. The molecule has 1 aliphatic heterocycles. The summed E-state index contributed by atoms with van der Waals surface area (Å²) in [5.41, 5.74) is 2.31. The number of para-hydroxylation sites is 1. The first-order valence-electron chi connectivity index (χ1n) is 9.10. The van der Waals surface area contributed by atoms with Crippen molar-refractivity contribution in [3.8, 4) is 0 Å². The molecule has 0 saturated carbocycles. The number of amides is 2. The predicted octanol–water partition coefficient (Wildman–Crippen LogP) is 3.39. The van der Waals surface area contributed by atoms with Gasteiger partial charge in [-0.05, 0) is 55.7 Å². The Morgan fingerprint density at radius 1 is 0.962 bits per heavy atom. The number of nitrogens with zero attached hydrogens (tertiary/aromatic N) is 2. The number of nitrogens with one attached hydrogen (secondary N) is 1. The highest BCUT2D eigenvalue weighted by Crippen LogP contribution is 2.17.